The average Bonchev–Trinajstić information content (AvgIpc) is 2.97. The van der Waals surface area contributed by atoms with Crippen molar-refractivity contribution in [1.82, 2.24) is 9.78 Å². The highest BCUT2D eigenvalue weighted by atomic mass is 32.1. The maximum absolute atomic E-state index is 12.7. The number of nitrogens with one attached hydrogen (secondary N) is 1. The minimum atomic E-state index is -4.57. The van der Waals surface area contributed by atoms with E-state index in [-0.39, 0.29) is 12.4 Å². The van der Waals surface area contributed by atoms with Gasteiger partial charge in [0.2, 0.25) is 0 Å². The molecule has 1 N–H and O–H groups in total. The van der Waals surface area contributed by atoms with Gasteiger partial charge in [-0.2, -0.15) is 18.3 Å². The van der Waals surface area contributed by atoms with E-state index in [1.807, 2.05) is 0 Å². The Bertz CT molecular complexity index is 605. The number of rotatable bonds is 4. The van der Waals surface area contributed by atoms with E-state index in [0.717, 1.165) is 6.07 Å². The van der Waals surface area contributed by atoms with Crippen LogP contribution in [0.5, 0.6) is 0 Å². The molecule has 0 atom stereocenters. The van der Waals surface area contributed by atoms with Crippen LogP contribution in [0.25, 0.3) is 0 Å². The summed E-state index contributed by atoms with van der Waals surface area (Å²) in [5, 5.41) is 7.25. The van der Waals surface area contributed by atoms with Gasteiger partial charge >= 0.3 is 6.18 Å². The summed E-state index contributed by atoms with van der Waals surface area (Å²) in [5.41, 5.74) is -0.456. The number of nitrogens with zero attached hydrogens (tertiary/aromatic N) is 2. The molecule has 0 aliphatic heterocycles. The average molecular weight is 307 g/mol. The molecule has 0 aromatic carbocycles. The number of hydrogen-bond acceptors (Lipinski definition) is 3. The van der Waals surface area contributed by atoms with Crippen LogP contribution >= 0.6 is 11.3 Å². The van der Waals surface area contributed by atoms with E-state index in [4.69, 9.17) is 0 Å². The largest absolute Gasteiger partial charge is 0.426 e. The minimum absolute atomic E-state index is 0.0160. The monoisotopic (exact) mass is 307 g/mol. The second kappa shape index (κ2) is 5.61. The molecule has 20 heavy (non-hydrogen) atoms. The molecular weight excluding hydrogens is 298 g/mol. The summed E-state index contributed by atoms with van der Waals surface area (Å²) in [4.78, 5) is 10.8. The van der Waals surface area contributed by atoms with E-state index in [9.17, 15) is 22.4 Å². The lowest BCUT2D eigenvalue weighted by molar-refractivity contribution is -0.134. The first-order valence-electron chi connectivity index (χ1n) is 5.47. The quantitative estimate of drug-likeness (QED) is 0.882. The maximum atomic E-state index is 12.7. The minimum Gasteiger partial charge on any atom is -0.305 e. The van der Waals surface area contributed by atoms with Crippen LogP contribution in [-0.2, 0) is 12.7 Å². The van der Waals surface area contributed by atoms with Crippen LogP contribution in [0.1, 0.15) is 15.2 Å². The molecule has 0 spiro atoms. The van der Waals surface area contributed by atoms with Crippen LogP contribution in [0, 0.1) is 0 Å². The van der Waals surface area contributed by atoms with Crippen molar-refractivity contribution >= 4 is 23.1 Å². The summed E-state index contributed by atoms with van der Waals surface area (Å²) >= 11 is 0.448. The van der Waals surface area contributed by atoms with E-state index in [1.54, 1.807) is 0 Å². The summed E-state index contributed by atoms with van der Waals surface area (Å²) < 4.78 is 51.3. The van der Waals surface area contributed by atoms with Gasteiger partial charge in [0.1, 0.15) is 11.6 Å². The van der Waals surface area contributed by atoms with Gasteiger partial charge in [-0.25, -0.2) is 4.39 Å². The van der Waals surface area contributed by atoms with Crippen molar-refractivity contribution < 1.29 is 22.4 Å². The van der Waals surface area contributed by atoms with Gasteiger partial charge in [0.15, 0.2) is 5.82 Å². The number of carbonyl (C=O) groups is 1. The van der Waals surface area contributed by atoms with E-state index in [1.165, 1.54) is 22.3 Å². The van der Waals surface area contributed by atoms with Crippen LogP contribution in [0.15, 0.2) is 23.7 Å². The van der Waals surface area contributed by atoms with Crippen LogP contribution in [0.3, 0.4) is 0 Å². The normalized spacial score (nSPS) is 11.6. The molecule has 2 heterocycles. The molecule has 0 radical (unpaired) electrons. The molecule has 9 heteroatoms. The van der Waals surface area contributed by atoms with E-state index >= 15 is 0 Å². The number of amides is 1. The summed E-state index contributed by atoms with van der Waals surface area (Å²) in [7, 11) is 0. The Balaban J connectivity index is 2.14. The Morgan fingerprint density at radius 1 is 1.40 bits per heavy atom. The van der Waals surface area contributed by atoms with Crippen molar-refractivity contribution in [1.29, 1.82) is 0 Å². The Labute approximate surface area is 115 Å². The first-order valence-corrected chi connectivity index (χ1v) is 6.35. The van der Waals surface area contributed by atoms with Gasteiger partial charge in [0, 0.05) is 12.3 Å². The molecule has 2 aromatic heterocycles. The maximum Gasteiger partial charge on any atom is 0.426 e. The molecule has 0 bridgehead atoms. The molecule has 1 amide bonds. The molecule has 0 unspecified atom stereocenters. The van der Waals surface area contributed by atoms with Gasteiger partial charge in [0.25, 0.3) is 5.91 Å². The Morgan fingerprint density at radius 2 is 2.15 bits per heavy atom. The number of alkyl halides is 4. The zero-order valence-electron chi connectivity index (χ0n) is 9.95. The van der Waals surface area contributed by atoms with Crippen molar-refractivity contribution in [3.8, 4) is 0 Å². The lowest BCUT2D eigenvalue weighted by Crippen LogP contribution is -2.17. The smallest absolute Gasteiger partial charge is 0.305 e. The van der Waals surface area contributed by atoms with Crippen LogP contribution in [-0.4, -0.2) is 22.4 Å². The van der Waals surface area contributed by atoms with Crippen LogP contribution < -0.4 is 5.32 Å². The van der Waals surface area contributed by atoms with Crippen molar-refractivity contribution in [2.24, 2.45) is 0 Å². The SMILES string of the molecule is O=C(Nc1ccn(CCF)n1)c1ccsc1C(F)(F)F. The third-order valence-electron chi connectivity index (χ3n) is 2.36. The number of anilines is 1. The third-order valence-corrected chi connectivity index (χ3v) is 3.32. The molecular formula is C11H9F4N3OS. The van der Waals surface area contributed by atoms with E-state index < -0.39 is 29.2 Å². The summed E-state index contributed by atoms with van der Waals surface area (Å²) in [6.07, 6.45) is -3.15. The van der Waals surface area contributed by atoms with Crippen molar-refractivity contribution in [2.45, 2.75) is 12.7 Å². The van der Waals surface area contributed by atoms with Crippen molar-refractivity contribution in [2.75, 3.05) is 12.0 Å². The van der Waals surface area contributed by atoms with Gasteiger partial charge in [-0.05, 0) is 11.4 Å². The van der Waals surface area contributed by atoms with Gasteiger partial charge in [0.05, 0.1) is 12.1 Å². The molecule has 4 nitrogen and oxygen atoms in total. The fourth-order valence-corrected chi connectivity index (χ4v) is 2.29. The number of hydrogen-bond donors (Lipinski definition) is 1. The van der Waals surface area contributed by atoms with Gasteiger partial charge in [-0.1, -0.05) is 0 Å². The van der Waals surface area contributed by atoms with Gasteiger partial charge < -0.3 is 5.32 Å². The topological polar surface area (TPSA) is 46.9 Å². The Hall–Kier alpha value is -1.90. The highest BCUT2D eigenvalue weighted by molar-refractivity contribution is 7.10. The number of carbonyl (C=O) groups excluding carboxylic acids is 1. The summed E-state index contributed by atoms with van der Waals surface area (Å²) in [6, 6.07) is 2.48. The number of aromatic nitrogens is 2. The Morgan fingerprint density at radius 3 is 2.80 bits per heavy atom. The standard InChI is InChI=1S/C11H9F4N3OS/c12-3-5-18-4-1-8(17-18)16-10(19)7-2-6-20-9(7)11(13,14)15/h1-2,4,6H,3,5H2,(H,16,17,19). The van der Waals surface area contributed by atoms with Crippen LogP contribution in [0.2, 0.25) is 0 Å². The third kappa shape index (κ3) is 3.16. The predicted octanol–water partition coefficient (Wildman–Crippen LogP) is 3.19. The highest BCUT2D eigenvalue weighted by Gasteiger charge is 2.36. The number of thiophene rings is 1. The zero-order valence-corrected chi connectivity index (χ0v) is 10.8. The predicted molar refractivity (Wildman–Crippen MR) is 65.5 cm³/mol. The molecule has 0 aliphatic rings. The zero-order chi connectivity index (χ0) is 14.8. The molecule has 0 aliphatic carbocycles. The fourth-order valence-electron chi connectivity index (χ4n) is 1.53. The first kappa shape index (κ1) is 14.5. The number of halogens is 4. The molecule has 108 valence electrons. The van der Waals surface area contributed by atoms with Gasteiger partial charge in [-0.15, -0.1) is 11.3 Å². The Kier molecular flexibility index (Phi) is 4.07. The lowest BCUT2D eigenvalue weighted by Gasteiger charge is -2.07. The lowest BCUT2D eigenvalue weighted by atomic mass is 10.2. The van der Waals surface area contributed by atoms with E-state index in [0.29, 0.717) is 11.3 Å². The molecule has 2 aromatic rings. The second-order valence-corrected chi connectivity index (χ2v) is 4.68. The second-order valence-electron chi connectivity index (χ2n) is 3.77. The van der Waals surface area contributed by atoms with Gasteiger partial charge in [-0.3, -0.25) is 9.48 Å². The fraction of sp³-hybridized carbons (Fsp3) is 0.273. The van der Waals surface area contributed by atoms with E-state index in [2.05, 4.69) is 10.4 Å². The highest BCUT2D eigenvalue weighted by Crippen LogP contribution is 2.36. The first-order chi connectivity index (χ1) is 9.41. The summed E-state index contributed by atoms with van der Waals surface area (Å²) in [5.74, 6) is -0.827. The number of aryl methyl sites for hydroxylation is 1. The molecule has 2 rings (SSSR count). The molecule has 0 saturated carbocycles. The van der Waals surface area contributed by atoms with Crippen LogP contribution in [0.4, 0.5) is 23.4 Å². The molecule has 0 saturated heterocycles. The van der Waals surface area contributed by atoms with Crippen molar-refractivity contribution in [3.05, 3.63) is 34.2 Å². The summed E-state index contributed by atoms with van der Waals surface area (Å²) in [6.45, 7) is -0.611. The van der Waals surface area contributed by atoms with Crippen molar-refractivity contribution in [3.63, 3.8) is 0 Å². The molecule has 0 fully saturated rings.